The van der Waals surface area contributed by atoms with Crippen LogP contribution in [0.2, 0.25) is 0 Å². The van der Waals surface area contributed by atoms with Gasteiger partial charge in [-0.3, -0.25) is 0 Å². The molecular weight excluding hydrogens is 325 g/mol. The van der Waals surface area contributed by atoms with Crippen LogP contribution >= 0.6 is 22.6 Å². The summed E-state index contributed by atoms with van der Waals surface area (Å²) in [5.41, 5.74) is 3.22. The molecule has 2 aromatic carbocycles. The Morgan fingerprint density at radius 2 is 1.82 bits per heavy atom. The molecule has 2 nitrogen and oxygen atoms in total. The van der Waals surface area contributed by atoms with E-state index in [2.05, 4.69) is 65.0 Å². The summed E-state index contributed by atoms with van der Waals surface area (Å²) in [6.07, 6.45) is 0. The molecule has 1 aromatic heterocycles. The minimum Gasteiger partial charge on any atom is -0.355 e. The van der Waals surface area contributed by atoms with Crippen molar-refractivity contribution in [1.29, 1.82) is 0 Å². The second kappa shape index (κ2) is 4.14. The fourth-order valence-corrected chi connectivity index (χ4v) is 2.32. The summed E-state index contributed by atoms with van der Waals surface area (Å²) in [6, 6.07) is 14.4. The van der Waals surface area contributed by atoms with E-state index in [4.69, 9.17) is 4.52 Å². The number of hydrogen-bond donors (Lipinski definition) is 0. The van der Waals surface area contributed by atoms with Crippen LogP contribution in [0.1, 0.15) is 5.56 Å². The van der Waals surface area contributed by atoms with Crippen LogP contribution in [0.4, 0.5) is 0 Å². The van der Waals surface area contributed by atoms with Gasteiger partial charge in [0.25, 0.3) is 0 Å². The highest BCUT2D eigenvalue weighted by Gasteiger charge is 2.10. The van der Waals surface area contributed by atoms with Crippen molar-refractivity contribution in [1.82, 2.24) is 5.16 Å². The van der Waals surface area contributed by atoms with Crippen molar-refractivity contribution in [3.05, 3.63) is 51.6 Å². The average molecular weight is 335 g/mol. The third kappa shape index (κ3) is 1.95. The number of hydrogen-bond acceptors (Lipinski definition) is 2. The van der Waals surface area contributed by atoms with E-state index < -0.39 is 0 Å². The monoisotopic (exact) mass is 335 g/mol. The van der Waals surface area contributed by atoms with Gasteiger partial charge in [0.2, 0.25) is 0 Å². The van der Waals surface area contributed by atoms with Crippen molar-refractivity contribution < 1.29 is 4.52 Å². The van der Waals surface area contributed by atoms with E-state index in [0.29, 0.717) is 0 Å². The molecule has 1 heterocycles. The van der Waals surface area contributed by atoms with Gasteiger partial charge in [-0.2, -0.15) is 0 Å². The third-order valence-corrected chi connectivity index (χ3v) is 3.42. The Hall–Kier alpha value is -1.36. The van der Waals surface area contributed by atoms with Crippen LogP contribution in [-0.4, -0.2) is 5.16 Å². The van der Waals surface area contributed by atoms with Gasteiger partial charge in [-0.1, -0.05) is 35.0 Å². The SMILES string of the molecule is Cc1ccc(-c2onc3ccc(I)cc23)cc1. The van der Waals surface area contributed by atoms with Gasteiger partial charge in [-0.25, -0.2) is 0 Å². The number of fused-ring (bicyclic) bond motifs is 1. The smallest absolute Gasteiger partial charge is 0.174 e. The van der Waals surface area contributed by atoms with Crippen LogP contribution in [0.5, 0.6) is 0 Å². The minimum atomic E-state index is 0.846. The first-order valence-corrected chi connectivity index (χ1v) is 6.44. The Morgan fingerprint density at radius 1 is 1.06 bits per heavy atom. The lowest BCUT2D eigenvalue weighted by Crippen LogP contribution is -1.77. The summed E-state index contributed by atoms with van der Waals surface area (Å²) >= 11 is 2.30. The Balaban J connectivity index is 2.23. The Morgan fingerprint density at radius 3 is 2.59 bits per heavy atom. The van der Waals surface area contributed by atoms with E-state index in [1.807, 2.05) is 12.1 Å². The van der Waals surface area contributed by atoms with Gasteiger partial charge in [0.05, 0.1) is 5.39 Å². The molecule has 0 radical (unpaired) electrons. The molecule has 0 bridgehead atoms. The van der Waals surface area contributed by atoms with Gasteiger partial charge in [-0.05, 0) is 47.7 Å². The summed E-state index contributed by atoms with van der Waals surface area (Å²) < 4.78 is 6.63. The summed E-state index contributed by atoms with van der Waals surface area (Å²) in [4.78, 5) is 0. The molecule has 3 aromatic rings. The van der Waals surface area contributed by atoms with Crippen molar-refractivity contribution in [2.24, 2.45) is 0 Å². The van der Waals surface area contributed by atoms with Gasteiger partial charge in [-0.15, -0.1) is 0 Å². The Bertz CT molecular complexity index is 670. The zero-order chi connectivity index (χ0) is 11.8. The maximum absolute atomic E-state index is 5.44. The van der Waals surface area contributed by atoms with Gasteiger partial charge in [0.15, 0.2) is 5.76 Å². The number of aromatic nitrogens is 1. The molecule has 0 atom stereocenters. The molecule has 0 spiro atoms. The zero-order valence-electron chi connectivity index (χ0n) is 9.27. The van der Waals surface area contributed by atoms with E-state index >= 15 is 0 Å². The Labute approximate surface area is 113 Å². The maximum Gasteiger partial charge on any atom is 0.174 e. The van der Waals surface area contributed by atoms with E-state index in [0.717, 1.165) is 22.2 Å². The van der Waals surface area contributed by atoms with Crippen LogP contribution in [0, 0.1) is 10.5 Å². The number of rotatable bonds is 1. The predicted octanol–water partition coefficient (Wildman–Crippen LogP) is 4.41. The van der Waals surface area contributed by atoms with Crippen molar-refractivity contribution in [2.75, 3.05) is 0 Å². The highest BCUT2D eigenvalue weighted by atomic mass is 127. The highest BCUT2D eigenvalue weighted by molar-refractivity contribution is 14.1. The molecule has 17 heavy (non-hydrogen) atoms. The molecule has 0 saturated carbocycles. The largest absolute Gasteiger partial charge is 0.355 e. The molecule has 84 valence electrons. The first-order chi connectivity index (χ1) is 8.24. The first-order valence-electron chi connectivity index (χ1n) is 5.36. The molecule has 3 heteroatoms. The van der Waals surface area contributed by atoms with Crippen LogP contribution in [0.15, 0.2) is 47.0 Å². The molecule has 3 rings (SSSR count). The van der Waals surface area contributed by atoms with E-state index in [-0.39, 0.29) is 0 Å². The second-order valence-electron chi connectivity index (χ2n) is 4.04. The Kier molecular flexibility index (Phi) is 2.63. The first kappa shape index (κ1) is 10.8. The lowest BCUT2D eigenvalue weighted by molar-refractivity contribution is 0.441. The molecular formula is C14H10INO. The van der Waals surface area contributed by atoms with E-state index in [1.165, 1.54) is 9.13 Å². The molecule has 0 amide bonds. The number of nitrogens with zero attached hydrogens (tertiary/aromatic N) is 1. The van der Waals surface area contributed by atoms with Crippen molar-refractivity contribution in [3.63, 3.8) is 0 Å². The standard InChI is InChI=1S/C14H10INO/c1-9-2-4-10(5-3-9)14-12-8-11(15)6-7-13(12)16-17-14/h2-8H,1H3. The van der Waals surface area contributed by atoms with E-state index in [9.17, 15) is 0 Å². The van der Waals surface area contributed by atoms with Crippen LogP contribution in [0.25, 0.3) is 22.2 Å². The van der Waals surface area contributed by atoms with Gasteiger partial charge < -0.3 is 4.52 Å². The van der Waals surface area contributed by atoms with Gasteiger partial charge in [0, 0.05) is 9.13 Å². The van der Waals surface area contributed by atoms with Crippen molar-refractivity contribution in [2.45, 2.75) is 6.92 Å². The fourth-order valence-electron chi connectivity index (χ4n) is 1.83. The summed E-state index contributed by atoms with van der Waals surface area (Å²) in [5.74, 6) is 0.846. The lowest BCUT2D eigenvalue weighted by Gasteiger charge is -1.98. The highest BCUT2D eigenvalue weighted by Crippen LogP contribution is 2.29. The molecule has 0 unspecified atom stereocenters. The van der Waals surface area contributed by atoms with Crippen LogP contribution < -0.4 is 0 Å². The number of benzene rings is 2. The number of aryl methyl sites for hydroxylation is 1. The van der Waals surface area contributed by atoms with E-state index in [1.54, 1.807) is 0 Å². The summed E-state index contributed by atoms with van der Waals surface area (Å²) in [6.45, 7) is 2.07. The molecule has 0 saturated heterocycles. The molecule has 0 aliphatic rings. The number of halogens is 1. The summed E-state index contributed by atoms with van der Waals surface area (Å²) in [5, 5.41) is 5.15. The lowest BCUT2D eigenvalue weighted by atomic mass is 10.1. The van der Waals surface area contributed by atoms with Crippen molar-refractivity contribution >= 4 is 33.5 Å². The van der Waals surface area contributed by atoms with Crippen molar-refractivity contribution in [3.8, 4) is 11.3 Å². The maximum atomic E-state index is 5.44. The molecule has 0 aliphatic carbocycles. The predicted molar refractivity (Wildman–Crippen MR) is 76.9 cm³/mol. The average Bonchev–Trinajstić information content (AvgIpc) is 2.73. The molecule has 0 N–H and O–H groups in total. The fraction of sp³-hybridized carbons (Fsp3) is 0.0714. The second-order valence-corrected chi connectivity index (χ2v) is 5.28. The summed E-state index contributed by atoms with van der Waals surface area (Å²) in [7, 11) is 0. The van der Waals surface area contributed by atoms with Crippen LogP contribution in [0.3, 0.4) is 0 Å². The quantitative estimate of drug-likeness (QED) is 0.616. The third-order valence-electron chi connectivity index (χ3n) is 2.75. The minimum absolute atomic E-state index is 0.846. The topological polar surface area (TPSA) is 26.0 Å². The van der Waals surface area contributed by atoms with Gasteiger partial charge in [0.1, 0.15) is 5.52 Å². The van der Waals surface area contributed by atoms with Gasteiger partial charge >= 0.3 is 0 Å². The van der Waals surface area contributed by atoms with Crippen LogP contribution in [-0.2, 0) is 0 Å². The zero-order valence-corrected chi connectivity index (χ0v) is 11.4. The normalized spacial score (nSPS) is 10.9. The molecule has 0 fully saturated rings. The molecule has 0 aliphatic heterocycles.